The van der Waals surface area contributed by atoms with E-state index in [0.29, 0.717) is 16.9 Å². The summed E-state index contributed by atoms with van der Waals surface area (Å²) >= 11 is 0. The van der Waals surface area contributed by atoms with Crippen LogP contribution < -0.4 is 15.0 Å². The number of nitrogens with zero attached hydrogens (tertiary/aromatic N) is 2. The number of nitro groups is 1. The molecule has 2 aliphatic carbocycles. The maximum absolute atomic E-state index is 13.0. The van der Waals surface area contributed by atoms with Crippen molar-refractivity contribution in [1.29, 1.82) is 0 Å². The number of hydrogen-bond donors (Lipinski definition) is 1. The standard InChI is InChI=1S/C25H21N3O6/c1-34-20-13-18(28(32)33)8-9-19(20)26-21(29)10-5-14-3-2-4-17(11-14)27-24(30)22-15-6-7-16(12-15)23(22)25(27)31/h2-11,13,15-16,22-23H,12H2,1H3,(H,26,29)/b10-5+/t15-,16-,22-,23+/m0/s1. The first-order valence-electron chi connectivity index (χ1n) is 10.8. The Morgan fingerprint density at radius 2 is 1.82 bits per heavy atom. The van der Waals surface area contributed by atoms with E-state index in [9.17, 15) is 24.5 Å². The van der Waals surface area contributed by atoms with E-state index in [2.05, 4.69) is 17.5 Å². The van der Waals surface area contributed by atoms with Gasteiger partial charge in [-0.2, -0.15) is 0 Å². The number of carbonyl (C=O) groups is 3. The lowest BCUT2D eigenvalue weighted by molar-refractivity contribution is -0.384. The summed E-state index contributed by atoms with van der Waals surface area (Å²) in [6.07, 6.45) is 7.84. The average molecular weight is 459 g/mol. The Balaban J connectivity index is 1.31. The molecule has 9 nitrogen and oxygen atoms in total. The zero-order chi connectivity index (χ0) is 24.0. The largest absolute Gasteiger partial charge is 0.494 e. The smallest absolute Gasteiger partial charge is 0.273 e. The summed E-state index contributed by atoms with van der Waals surface area (Å²) in [5, 5.41) is 13.5. The number of allylic oxidation sites excluding steroid dienone is 2. The number of carbonyl (C=O) groups excluding carboxylic acids is 3. The molecule has 3 aliphatic rings. The van der Waals surface area contributed by atoms with Gasteiger partial charge in [-0.1, -0.05) is 24.3 Å². The first-order valence-corrected chi connectivity index (χ1v) is 10.8. The van der Waals surface area contributed by atoms with Crippen LogP contribution in [0, 0.1) is 33.8 Å². The van der Waals surface area contributed by atoms with Crippen LogP contribution in [-0.4, -0.2) is 29.8 Å². The van der Waals surface area contributed by atoms with E-state index in [1.807, 2.05) is 0 Å². The lowest BCUT2D eigenvalue weighted by Crippen LogP contribution is -2.32. The summed E-state index contributed by atoms with van der Waals surface area (Å²) in [7, 11) is 1.35. The number of anilines is 2. The van der Waals surface area contributed by atoms with Gasteiger partial charge >= 0.3 is 0 Å². The van der Waals surface area contributed by atoms with Gasteiger partial charge in [0.05, 0.1) is 41.3 Å². The van der Waals surface area contributed by atoms with Gasteiger partial charge in [-0.15, -0.1) is 0 Å². The first-order chi connectivity index (χ1) is 16.4. The fourth-order valence-corrected chi connectivity index (χ4v) is 5.17. The van der Waals surface area contributed by atoms with Crippen molar-refractivity contribution in [2.24, 2.45) is 23.7 Å². The topological polar surface area (TPSA) is 119 Å². The van der Waals surface area contributed by atoms with Crippen molar-refractivity contribution < 1.29 is 24.0 Å². The Morgan fingerprint density at radius 1 is 1.12 bits per heavy atom. The molecule has 5 rings (SSSR count). The third-order valence-corrected chi connectivity index (χ3v) is 6.68. The number of nitro benzene ring substituents is 1. The molecule has 2 aromatic carbocycles. The van der Waals surface area contributed by atoms with E-state index in [-0.39, 0.29) is 46.9 Å². The van der Waals surface area contributed by atoms with Crippen LogP contribution in [0.25, 0.3) is 6.08 Å². The van der Waals surface area contributed by atoms with Crippen LogP contribution in [0.15, 0.2) is 60.7 Å². The molecule has 1 heterocycles. The van der Waals surface area contributed by atoms with E-state index >= 15 is 0 Å². The highest BCUT2D eigenvalue weighted by Gasteiger charge is 2.59. The van der Waals surface area contributed by atoms with Crippen molar-refractivity contribution in [2.75, 3.05) is 17.3 Å². The van der Waals surface area contributed by atoms with E-state index in [4.69, 9.17) is 4.74 Å². The number of hydrogen-bond acceptors (Lipinski definition) is 6. The highest BCUT2D eigenvalue weighted by atomic mass is 16.6. The van der Waals surface area contributed by atoms with Gasteiger partial charge in [0.15, 0.2) is 0 Å². The zero-order valence-electron chi connectivity index (χ0n) is 18.2. The minimum atomic E-state index is -0.550. The average Bonchev–Trinajstić information content (AvgIpc) is 3.51. The maximum atomic E-state index is 13.0. The SMILES string of the molecule is COc1cc([N+](=O)[O-])ccc1NC(=O)/C=C/c1cccc(N2C(=O)[C@@H]3[C@H](C2=O)[C@H]2C=C[C@H]3C2)c1. The predicted molar refractivity (Wildman–Crippen MR) is 124 cm³/mol. The van der Waals surface area contributed by atoms with Crippen molar-refractivity contribution in [3.63, 3.8) is 0 Å². The quantitative estimate of drug-likeness (QED) is 0.232. The van der Waals surface area contributed by atoms with Crippen LogP contribution in [0.1, 0.15) is 12.0 Å². The molecule has 1 saturated carbocycles. The molecule has 2 fully saturated rings. The Morgan fingerprint density at radius 3 is 2.47 bits per heavy atom. The number of methoxy groups -OCH3 is 1. The summed E-state index contributed by atoms with van der Waals surface area (Å²) in [5.74, 6) is -0.888. The molecule has 2 bridgehead atoms. The van der Waals surface area contributed by atoms with Gasteiger partial charge in [0.2, 0.25) is 17.7 Å². The number of benzene rings is 2. The molecular weight excluding hydrogens is 438 g/mol. The summed E-state index contributed by atoms with van der Waals surface area (Å²) in [6.45, 7) is 0. The highest BCUT2D eigenvalue weighted by Crippen LogP contribution is 2.53. The molecule has 0 aromatic heterocycles. The van der Waals surface area contributed by atoms with Crippen LogP contribution in [0.5, 0.6) is 5.75 Å². The molecule has 9 heteroatoms. The molecule has 1 saturated heterocycles. The molecule has 0 radical (unpaired) electrons. The summed E-state index contributed by atoms with van der Waals surface area (Å²) in [6, 6.07) is 10.8. The Hall–Kier alpha value is -4.27. The predicted octanol–water partition coefficient (Wildman–Crippen LogP) is 3.57. The summed E-state index contributed by atoms with van der Waals surface area (Å²) in [4.78, 5) is 50.1. The fourth-order valence-electron chi connectivity index (χ4n) is 5.17. The summed E-state index contributed by atoms with van der Waals surface area (Å²) in [5.41, 5.74) is 1.27. The number of rotatable bonds is 6. The number of fused-ring (bicyclic) bond motifs is 5. The molecule has 0 spiro atoms. The lowest BCUT2D eigenvalue weighted by Gasteiger charge is -2.17. The van der Waals surface area contributed by atoms with Crippen LogP contribution in [-0.2, 0) is 14.4 Å². The van der Waals surface area contributed by atoms with Gasteiger partial charge in [-0.25, -0.2) is 4.90 Å². The minimum Gasteiger partial charge on any atom is -0.494 e. The lowest BCUT2D eigenvalue weighted by atomic mass is 9.85. The Bertz CT molecular complexity index is 1250. The van der Waals surface area contributed by atoms with Crippen molar-refractivity contribution in [1.82, 2.24) is 0 Å². The van der Waals surface area contributed by atoms with Gasteiger partial charge in [-0.05, 0) is 48.1 Å². The van der Waals surface area contributed by atoms with E-state index in [1.54, 1.807) is 30.3 Å². The van der Waals surface area contributed by atoms with Crippen molar-refractivity contribution in [2.45, 2.75) is 6.42 Å². The second-order valence-electron chi connectivity index (χ2n) is 8.57. The van der Waals surface area contributed by atoms with Crippen LogP contribution in [0.4, 0.5) is 17.1 Å². The fraction of sp³-hybridized carbons (Fsp3) is 0.240. The monoisotopic (exact) mass is 459 g/mol. The molecule has 4 atom stereocenters. The molecule has 2 aromatic rings. The summed E-state index contributed by atoms with van der Waals surface area (Å²) < 4.78 is 5.13. The van der Waals surface area contributed by atoms with Gasteiger partial charge in [-0.3, -0.25) is 24.5 Å². The number of nitrogens with one attached hydrogen (secondary N) is 1. The molecule has 1 N–H and O–H groups in total. The van der Waals surface area contributed by atoms with Crippen LogP contribution >= 0.6 is 0 Å². The zero-order valence-corrected chi connectivity index (χ0v) is 18.2. The highest BCUT2D eigenvalue weighted by molar-refractivity contribution is 6.23. The van der Waals surface area contributed by atoms with E-state index in [1.165, 1.54) is 36.3 Å². The second kappa shape index (κ2) is 8.26. The van der Waals surface area contributed by atoms with Gasteiger partial charge in [0, 0.05) is 12.1 Å². The molecule has 34 heavy (non-hydrogen) atoms. The molecule has 3 amide bonds. The number of imide groups is 1. The normalized spacial score (nSPS) is 24.7. The second-order valence-corrected chi connectivity index (χ2v) is 8.57. The van der Waals surface area contributed by atoms with Crippen LogP contribution in [0.3, 0.4) is 0 Å². The van der Waals surface area contributed by atoms with Crippen molar-refractivity contribution in [3.8, 4) is 5.75 Å². The maximum Gasteiger partial charge on any atom is 0.273 e. The first kappa shape index (κ1) is 21.6. The number of ether oxygens (including phenoxy) is 1. The Labute approximate surface area is 194 Å². The van der Waals surface area contributed by atoms with Gasteiger partial charge in [0.25, 0.3) is 5.69 Å². The number of amides is 3. The third-order valence-electron chi connectivity index (χ3n) is 6.68. The van der Waals surface area contributed by atoms with E-state index in [0.717, 1.165) is 6.42 Å². The van der Waals surface area contributed by atoms with E-state index < -0.39 is 10.8 Å². The van der Waals surface area contributed by atoms with Crippen molar-refractivity contribution >= 4 is 40.9 Å². The molecule has 172 valence electrons. The molecular formula is C25H21N3O6. The molecule has 1 aliphatic heterocycles. The van der Waals surface area contributed by atoms with Crippen LogP contribution in [0.2, 0.25) is 0 Å². The third kappa shape index (κ3) is 3.55. The molecule has 0 unspecified atom stereocenters. The minimum absolute atomic E-state index is 0.139. The Kier molecular flexibility index (Phi) is 5.24. The van der Waals surface area contributed by atoms with Gasteiger partial charge < -0.3 is 10.1 Å². The van der Waals surface area contributed by atoms with Gasteiger partial charge in [0.1, 0.15) is 5.75 Å². The van der Waals surface area contributed by atoms with Crippen molar-refractivity contribution in [3.05, 3.63) is 76.4 Å². The number of non-ortho nitro benzene ring substituents is 1.